The molecule has 0 unspecified atom stereocenters. The van der Waals surface area contributed by atoms with E-state index in [1.807, 2.05) is 0 Å². The normalized spacial score (nSPS) is 11.8. The predicted molar refractivity (Wildman–Crippen MR) is 143 cm³/mol. The number of halogens is 6. The molecule has 4 aromatic rings. The Morgan fingerprint density at radius 1 is 0.692 bits per heavy atom. The molecule has 0 aliphatic heterocycles. The number of aryl methyl sites for hydroxylation is 3. The van der Waals surface area contributed by atoms with Crippen LogP contribution in [0.25, 0.3) is 21.9 Å². The molecular weight excluding hydrogens is 514 g/mol. The van der Waals surface area contributed by atoms with Crippen molar-refractivity contribution in [1.29, 1.82) is 0 Å². The summed E-state index contributed by atoms with van der Waals surface area (Å²) in [5.74, 6) is -1.57. The lowest BCUT2D eigenvalue weighted by molar-refractivity contribution is -0.153. The fourth-order valence-corrected chi connectivity index (χ4v) is 4.68. The minimum atomic E-state index is -4.41. The van der Waals surface area contributed by atoms with E-state index >= 15 is 4.39 Å². The minimum Gasteiger partial charge on any atom is -0.484 e. The van der Waals surface area contributed by atoms with E-state index in [9.17, 15) is 22.0 Å². The molecule has 39 heavy (non-hydrogen) atoms. The molecule has 1 nitrogen and oxygen atoms in total. The van der Waals surface area contributed by atoms with Crippen LogP contribution in [-0.2, 0) is 19.3 Å². The van der Waals surface area contributed by atoms with E-state index in [0.717, 1.165) is 31.2 Å². The molecule has 0 aliphatic rings. The van der Waals surface area contributed by atoms with E-state index in [-0.39, 0.29) is 11.3 Å². The average molecular weight is 545 g/mol. The Morgan fingerprint density at radius 3 is 2.08 bits per heavy atom. The standard InChI is InChI=1S/C32H30F6O/c1-2-3-4-5-6-22-17-28(33)30(29(34)18-22)25-13-16-27-24(19-25)12-11-23(31(27)35)10-7-21-8-14-26(15-9-21)39-20-32(36,37)38/h8-9,11-19H,2-7,10,20H2,1H3. The number of hydrogen-bond donors (Lipinski definition) is 0. The summed E-state index contributed by atoms with van der Waals surface area (Å²) in [6, 6.07) is 17.0. The first-order valence-electron chi connectivity index (χ1n) is 13.1. The first-order chi connectivity index (χ1) is 18.6. The number of ether oxygens (including phenoxy) is 1. The Balaban J connectivity index is 1.46. The van der Waals surface area contributed by atoms with Gasteiger partial charge in [-0.15, -0.1) is 0 Å². The first-order valence-corrected chi connectivity index (χ1v) is 13.1. The van der Waals surface area contributed by atoms with Crippen molar-refractivity contribution in [2.75, 3.05) is 6.61 Å². The maximum absolute atomic E-state index is 15.3. The molecule has 0 atom stereocenters. The molecular formula is C32H30F6O. The van der Waals surface area contributed by atoms with Crippen molar-refractivity contribution in [3.8, 4) is 16.9 Å². The number of unbranched alkanes of at least 4 members (excludes halogenated alkanes) is 3. The van der Waals surface area contributed by atoms with Crippen LogP contribution in [0.3, 0.4) is 0 Å². The van der Waals surface area contributed by atoms with Gasteiger partial charge < -0.3 is 4.74 Å². The highest BCUT2D eigenvalue weighted by atomic mass is 19.4. The molecule has 0 N–H and O–H groups in total. The van der Waals surface area contributed by atoms with Gasteiger partial charge in [-0.1, -0.05) is 62.6 Å². The van der Waals surface area contributed by atoms with Crippen molar-refractivity contribution in [2.24, 2.45) is 0 Å². The molecule has 0 bridgehead atoms. The summed E-state index contributed by atoms with van der Waals surface area (Å²) >= 11 is 0. The van der Waals surface area contributed by atoms with E-state index in [1.165, 1.54) is 36.4 Å². The second-order valence-electron chi connectivity index (χ2n) is 9.77. The number of fused-ring (bicyclic) bond motifs is 1. The zero-order chi connectivity index (χ0) is 28.0. The molecule has 7 heteroatoms. The summed E-state index contributed by atoms with van der Waals surface area (Å²) in [4.78, 5) is 0. The molecule has 0 aliphatic carbocycles. The van der Waals surface area contributed by atoms with Crippen molar-refractivity contribution >= 4 is 10.8 Å². The first kappa shape index (κ1) is 28.5. The quantitative estimate of drug-likeness (QED) is 0.135. The zero-order valence-electron chi connectivity index (χ0n) is 21.7. The smallest absolute Gasteiger partial charge is 0.422 e. The van der Waals surface area contributed by atoms with Crippen LogP contribution in [0.4, 0.5) is 26.3 Å². The van der Waals surface area contributed by atoms with Crippen LogP contribution in [0, 0.1) is 17.5 Å². The second kappa shape index (κ2) is 12.6. The Hall–Kier alpha value is -3.48. The van der Waals surface area contributed by atoms with Crippen molar-refractivity contribution in [2.45, 2.75) is 58.0 Å². The lowest BCUT2D eigenvalue weighted by Crippen LogP contribution is -2.19. The fraction of sp³-hybridized carbons (Fsp3) is 0.312. The highest BCUT2D eigenvalue weighted by Crippen LogP contribution is 2.32. The Bertz CT molecular complexity index is 1390. The van der Waals surface area contributed by atoms with Gasteiger partial charge in [-0.05, 0) is 83.7 Å². The SMILES string of the molecule is CCCCCCc1cc(F)c(-c2ccc3c(F)c(CCc4ccc(OCC(F)(F)F)cc4)ccc3c2)c(F)c1. The summed E-state index contributed by atoms with van der Waals surface area (Å²) in [7, 11) is 0. The summed E-state index contributed by atoms with van der Waals surface area (Å²) in [5, 5.41) is 0.878. The summed E-state index contributed by atoms with van der Waals surface area (Å²) in [5.41, 5.74) is 2.14. The van der Waals surface area contributed by atoms with Crippen LogP contribution >= 0.6 is 0 Å². The van der Waals surface area contributed by atoms with Crippen LogP contribution in [-0.4, -0.2) is 12.8 Å². The zero-order valence-corrected chi connectivity index (χ0v) is 21.7. The lowest BCUT2D eigenvalue weighted by atomic mass is 9.95. The third-order valence-electron chi connectivity index (χ3n) is 6.75. The molecule has 0 heterocycles. The summed E-state index contributed by atoms with van der Waals surface area (Å²) in [6.07, 6.45) is 1.14. The molecule has 0 spiro atoms. The van der Waals surface area contributed by atoms with Crippen molar-refractivity contribution in [3.05, 3.63) is 101 Å². The Kier molecular flexibility index (Phi) is 9.20. The summed E-state index contributed by atoms with van der Waals surface area (Å²) in [6.45, 7) is 0.746. The molecule has 4 rings (SSSR count). The predicted octanol–water partition coefficient (Wildman–Crippen LogP) is 9.77. The number of benzene rings is 4. The second-order valence-corrected chi connectivity index (χ2v) is 9.77. The fourth-order valence-electron chi connectivity index (χ4n) is 4.68. The molecule has 0 aromatic heterocycles. The van der Waals surface area contributed by atoms with Crippen LogP contribution < -0.4 is 4.74 Å². The number of hydrogen-bond acceptors (Lipinski definition) is 1. The number of alkyl halides is 3. The Labute approximate surface area is 224 Å². The maximum Gasteiger partial charge on any atom is 0.422 e. The van der Waals surface area contributed by atoms with Gasteiger partial charge in [-0.25, -0.2) is 13.2 Å². The molecule has 4 aromatic carbocycles. The number of rotatable bonds is 11. The highest BCUT2D eigenvalue weighted by Gasteiger charge is 2.28. The highest BCUT2D eigenvalue weighted by molar-refractivity contribution is 5.88. The van der Waals surface area contributed by atoms with E-state index in [1.54, 1.807) is 30.3 Å². The molecule has 206 valence electrons. The third kappa shape index (κ3) is 7.55. The molecule has 0 saturated heterocycles. The van der Waals surface area contributed by atoms with Crippen LogP contribution in [0.5, 0.6) is 5.75 Å². The van der Waals surface area contributed by atoms with Gasteiger partial charge in [0, 0.05) is 5.39 Å². The van der Waals surface area contributed by atoms with E-state index < -0.39 is 30.2 Å². The van der Waals surface area contributed by atoms with Crippen molar-refractivity contribution in [3.63, 3.8) is 0 Å². The van der Waals surface area contributed by atoms with E-state index in [0.29, 0.717) is 46.7 Å². The van der Waals surface area contributed by atoms with E-state index in [4.69, 9.17) is 4.74 Å². The lowest BCUT2D eigenvalue weighted by Gasteiger charge is -2.12. The van der Waals surface area contributed by atoms with Gasteiger partial charge in [-0.2, -0.15) is 13.2 Å². The van der Waals surface area contributed by atoms with Gasteiger partial charge in [0.1, 0.15) is 23.2 Å². The van der Waals surface area contributed by atoms with Gasteiger partial charge in [0.05, 0.1) is 5.56 Å². The molecule has 0 amide bonds. The average Bonchev–Trinajstić information content (AvgIpc) is 2.89. The largest absolute Gasteiger partial charge is 0.484 e. The van der Waals surface area contributed by atoms with Crippen molar-refractivity contribution in [1.82, 2.24) is 0 Å². The van der Waals surface area contributed by atoms with Gasteiger partial charge in [0.15, 0.2) is 6.61 Å². The molecule has 0 fully saturated rings. The topological polar surface area (TPSA) is 9.23 Å². The summed E-state index contributed by atoms with van der Waals surface area (Å²) < 4.78 is 86.8. The van der Waals surface area contributed by atoms with Crippen molar-refractivity contribution < 1.29 is 31.1 Å². The van der Waals surface area contributed by atoms with Crippen LogP contribution in [0.1, 0.15) is 49.3 Å². The van der Waals surface area contributed by atoms with Gasteiger partial charge >= 0.3 is 6.18 Å². The maximum atomic E-state index is 15.3. The monoisotopic (exact) mass is 544 g/mol. The Morgan fingerprint density at radius 2 is 1.41 bits per heavy atom. The van der Waals surface area contributed by atoms with Crippen LogP contribution in [0.2, 0.25) is 0 Å². The molecule has 0 saturated carbocycles. The van der Waals surface area contributed by atoms with Crippen LogP contribution in [0.15, 0.2) is 66.7 Å². The van der Waals surface area contributed by atoms with Gasteiger partial charge in [0.2, 0.25) is 0 Å². The van der Waals surface area contributed by atoms with Gasteiger partial charge in [0.25, 0.3) is 0 Å². The third-order valence-corrected chi connectivity index (χ3v) is 6.75. The van der Waals surface area contributed by atoms with Gasteiger partial charge in [-0.3, -0.25) is 0 Å². The van der Waals surface area contributed by atoms with E-state index in [2.05, 4.69) is 6.92 Å². The minimum absolute atomic E-state index is 0.109. The molecule has 0 radical (unpaired) electrons.